The van der Waals surface area contributed by atoms with Crippen LogP contribution in [-0.4, -0.2) is 38.1 Å². The molecule has 0 saturated carbocycles. The molecule has 0 unspecified atom stereocenters. The van der Waals surface area contributed by atoms with Crippen LogP contribution in [0.25, 0.3) is 0 Å². The Morgan fingerprint density at radius 2 is 1.62 bits per heavy atom. The summed E-state index contributed by atoms with van der Waals surface area (Å²) < 4.78 is 0. The van der Waals surface area contributed by atoms with Crippen LogP contribution < -0.4 is 0 Å². The Balaban J connectivity index is 0. The number of hydrogen-bond donors (Lipinski definition) is 0. The largest absolute Gasteiger partial charge is 0.303 e. The Morgan fingerprint density at radius 1 is 1.15 bits per heavy atom. The van der Waals surface area contributed by atoms with Crippen LogP contribution in [-0.2, 0) is 9.59 Å². The van der Waals surface area contributed by atoms with E-state index in [-0.39, 0.29) is 0 Å². The molecule has 0 saturated heterocycles. The fourth-order valence-corrected chi connectivity index (χ4v) is 0.630. The van der Waals surface area contributed by atoms with E-state index in [1.807, 2.05) is 32.8 Å². The first-order valence-corrected chi connectivity index (χ1v) is 4.65. The van der Waals surface area contributed by atoms with Crippen molar-refractivity contribution >= 4 is 12.6 Å². The zero-order valence-electron chi connectivity index (χ0n) is 9.12. The quantitative estimate of drug-likeness (QED) is 0.610. The van der Waals surface area contributed by atoms with Crippen molar-refractivity contribution in [2.24, 2.45) is 5.92 Å². The van der Waals surface area contributed by atoms with Crippen molar-refractivity contribution < 1.29 is 9.59 Å². The summed E-state index contributed by atoms with van der Waals surface area (Å²) in [5, 5.41) is 0. The first kappa shape index (κ1) is 14.8. The summed E-state index contributed by atoms with van der Waals surface area (Å²) in [7, 11) is 3.71. The van der Waals surface area contributed by atoms with Crippen LogP contribution in [0.5, 0.6) is 0 Å². The third-order valence-electron chi connectivity index (χ3n) is 1.68. The monoisotopic (exact) mass is 187 g/mol. The standard InChI is InChI=1S/C6H12O.C4H9NO/c1-3-6(4-2)5-7;1-5(2)3-4-6/h5-6H,3-4H2,1-2H3;4H,3H2,1-2H3. The highest BCUT2D eigenvalue weighted by Gasteiger charge is 1.96. The molecule has 0 radical (unpaired) electrons. The van der Waals surface area contributed by atoms with Crippen molar-refractivity contribution in [1.29, 1.82) is 0 Å². The second-order valence-corrected chi connectivity index (χ2v) is 3.14. The van der Waals surface area contributed by atoms with E-state index in [9.17, 15) is 9.59 Å². The number of carbonyl (C=O) groups excluding carboxylic acids is 2. The molecule has 78 valence electrons. The highest BCUT2D eigenvalue weighted by molar-refractivity contribution is 5.53. The molecule has 0 aliphatic rings. The van der Waals surface area contributed by atoms with Gasteiger partial charge in [-0.3, -0.25) is 0 Å². The Hall–Kier alpha value is -0.700. The van der Waals surface area contributed by atoms with Gasteiger partial charge in [0.1, 0.15) is 12.6 Å². The maximum absolute atomic E-state index is 9.97. The summed E-state index contributed by atoms with van der Waals surface area (Å²) in [5.74, 6) is 0.306. The molecule has 0 aliphatic heterocycles. The topological polar surface area (TPSA) is 37.4 Å². The molecule has 0 atom stereocenters. The number of nitrogens with zero attached hydrogens (tertiary/aromatic N) is 1. The van der Waals surface area contributed by atoms with Gasteiger partial charge in [0.05, 0.1) is 6.54 Å². The molecule has 13 heavy (non-hydrogen) atoms. The van der Waals surface area contributed by atoms with Gasteiger partial charge in [-0.1, -0.05) is 13.8 Å². The zero-order valence-corrected chi connectivity index (χ0v) is 9.12. The van der Waals surface area contributed by atoms with Crippen molar-refractivity contribution in [3.63, 3.8) is 0 Å². The van der Waals surface area contributed by atoms with E-state index in [2.05, 4.69) is 0 Å². The Kier molecular flexibility index (Phi) is 12.9. The lowest BCUT2D eigenvalue weighted by molar-refractivity contribution is -0.111. The van der Waals surface area contributed by atoms with Crippen molar-refractivity contribution in [3.8, 4) is 0 Å². The Bertz CT molecular complexity index is 120. The van der Waals surface area contributed by atoms with Gasteiger partial charge < -0.3 is 14.5 Å². The molecule has 0 aliphatic carbocycles. The van der Waals surface area contributed by atoms with Gasteiger partial charge >= 0.3 is 0 Å². The predicted octanol–water partition coefficient (Wildman–Crippen LogP) is 1.37. The van der Waals surface area contributed by atoms with Crippen molar-refractivity contribution in [1.82, 2.24) is 4.90 Å². The molecule has 0 aromatic carbocycles. The maximum atomic E-state index is 9.97. The number of rotatable bonds is 5. The first-order valence-electron chi connectivity index (χ1n) is 4.65. The minimum atomic E-state index is 0.306. The van der Waals surface area contributed by atoms with Gasteiger partial charge in [-0.2, -0.15) is 0 Å². The van der Waals surface area contributed by atoms with Crippen LogP contribution in [0.2, 0.25) is 0 Å². The van der Waals surface area contributed by atoms with E-state index < -0.39 is 0 Å². The van der Waals surface area contributed by atoms with E-state index in [4.69, 9.17) is 0 Å². The van der Waals surface area contributed by atoms with Crippen LogP contribution in [0.4, 0.5) is 0 Å². The highest BCUT2D eigenvalue weighted by atomic mass is 16.1. The van der Waals surface area contributed by atoms with Gasteiger partial charge in [0.25, 0.3) is 0 Å². The molecule has 0 N–H and O–H groups in total. The molecule has 0 heterocycles. The maximum Gasteiger partial charge on any atom is 0.133 e. The zero-order chi connectivity index (χ0) is 10.7. The van der Waals surface area contributed by atoms with E-state index in [0.717, 1.165) is 25.4 Å². The van der Waals surface area contributed by atoms with E-state index in [1.165, 1.54) is 0 Å². The van der Waals surface area contributed by atoms with Crippen molar-refractivity contribution in [2.75, 3.05) is 20.6 Å². The van der Waals surface area contributed by atoms with Crippen molar-refractivity contribution in [2.45, 2.75) is 26.7 Å². The molecule has 0 aromatic heterocycles. The molecular formula is C10H21NO2. The molecule has 3 nitrogen and oxygen atoms in total. The van der Waals surface area contributed by atoms with E-state index in [0.29, 0.717) is 12.5 Å². The SMILES string of the molecule is CCC(C=O)CC.CN(C)CC=O. The molecule has 0 spiro atoms. The number of hydrogen-bond acceptors (Lipinski definition) is 3. The van der Waals surface area contributed by atoms with Gasteiger partial charge in [0, 0.05) is 5.92 Å². The summed E-state index contributed by atoms with van der Waals surface area (Å²) >= 11 is 0. The fourth-order valence-electron chi connectivity index (χ4n) is 0.630. The second kappa shape index (κ2) is 11.3. The molecule has 3 heteroatoms. The Labute approximate surface area is 81.1 Å². The highest BCUT2D eigenvalue weighted by Crippen LogP contribution is 2.01. The number of aldehydes is 2. The van der Waals surface area contributed by atoms with Crippen LogP contribution in [0.3, 0.4) is 0 Å². The number of likely N-dealkylation sites (N-methyl/N-ethyl adjacent to an activating group) is 1. The van der Waals surface area contributed by atoms with Gasteiger partial charge in [0.15, 0.2) is 0 Å². The summed E-state index contributed by atoms with van der Waals surface area (Å²) in [6.45, 7) is 4.59. The van der Waals surface area contributed by atoms with Crippen LogP contribution >= 0.6 is 0 Å². The van der Waals surface area contributed by atoms with Crippen molar-refractivity contribution in [3.05, 3.63) is 0 Å². The predicted molar refractivity (Wildman–Crippen MR) is 54.8 cm³/mol. The fraction of sp³-hybridized carbons (Fsp3) is 0.800. The molecule has 0 amide bonds. The molecule has 0 fully saturated rings. The van der Waals surface area contributed by atoms with Gasteiger partial charge in [0.2, 0.25) is 0 Å². The lowest BCUT2D eigenvalue weighted by atomic mass is 10.1. The van der Waals surface area contributed by atoms with Gasteiger partial charge in [-0.25, -0.2) is 0 Å². The van der Waals surface area contributed by atoms with Gasteiger partial charge in [-0.05, 0) is 26.9 Å². The third-order valence-corrected chi connectivity index (χ3v) is 1.68. The molecule has 0 rings (SSSR count). The number of carbonyl (C=O) groups is 2. The summed E-state index contributed by atoms with van der Waals surface area (Å²) in [6.07, 6.45) is 3.88. The average molecular weight is 187 g/mol. The summed E-state index contributed by atoms with van der Waals surface area (Å²) in [4.78, 5) is 21.4. The van der Waals surface area contributed by atoms with E-state index >= 15 is 0 Å². The van der Waals surface area contributed by atoms with Crippen LogP contribution in [0.15, 0.2) is 0 Å². The minimum absolute atomic E-state index is 0.306. The lowest BCUT2D eigenvalue weighted by Gasteiger charge is -1.99. The lowest BCUT2D eigenvalue weighted by Crippen LogP contribution is -2.13. The van der Waals surface area contributed by atoms with Crippen LogP contribution in [0.1, 0.15) is 26.7 Å². The second-order valence-electron chi connectivity index (χ2n) is 3.14. The average Bonchev–Trinajstić information content (AvgIpc) is 2.08. The van der Waals surface area contributed by atoms with Crippen LogP contribution in [0, 0.1) is 5.92 Å². The molecule has 0 bridgehead atoms. The molecular weight excluding hydrogens is 166 g/mol. The Morgan fingerprint density at radius 3 is 1.62 bits per heavy atom. The first-order chi connectivity index (χ1) is 6.12. The minimum Gasteiger partial charge on any atom is -0.303 e. The third kappa shape index (κ3) is 14.2. The molecule has 0 aromatic rings. The van der Waals surface area contributed by atoms with Gasteiger partial charge in [-0.15, -0.1) is 0 Å². The normalized spacial score (nSPS) is 9.38. The van der Waals surface area contributed by atoms with E-state index in [1.54, 1.807) is 0 Å². The smallest absolute Gasteiger partial charge is 0.133 e. The summed E-state index contributed by atoms with van der Waals surface area (Å²) in [5.41, 5.74) is 0. The summed E-state index contributed by atoms with van der Waals surface area (Å²) in [6, 6.07) is 0.